The molecule has 27 heavy (non-hydrogen) atoms. The summed E-state index contributed by atoms with van der Waals surface area (Å²) in [7, 11) is 4.17. The van der Waals surface area contributed by atoms with Crippen LogP contribution < -0.4 is 15.1 Å². The molecule has 4 heteroatoms. The average Bonchev–Trinajstić information content (AvgIpc) is 2.93. The van der Waals surface area contributed by atoms with E-state index in [1.54, 1.807) is 0 Å². The summed E-state index contributed by atoms with van der Waals surface area (Å²) in [5.74, 6) is 1.08. The molecule has 1 aliphatic rings. The molecule has 0 bridgehead atoms. The number of nitrogens with zero attached hydrogens (tertiary/aromatic N) is 3. The number of fused-ring (bicyclic) bond motifs is 2. The van der Waals surface area contributed by atoms with Crippen LogP contribution in [0, 0.1) is 0 Å². The van der Waals surface area contributed by atoms with Gasteiger partial charge in [-0.25, -0.2) is 4.98 Å². The smallest absolute Gasteiger partial charge is 0.131 e. The van der Waals surface area contributed by atoms with Gasteiger partial charge in [-0.3, -0.25) is 0 Å². The molecule has 4 rings (SSSR count). The van der Waals surface area contributed by atoms with Gasteiger partial charge in [0.15, 0.2) is 0 Å². The van der Waals surface area contributed by atoms with Crippen LogP contribution in [0.1, 0.15) is 17.5 Å². The molecule has 1 aromatic heterocycles. The summed E-state index contributed by atoms with van der Waals surface area (Å²) in [5, 5.41) is 4.46. The molecule has 0 fully saturated rings. The number of para-hydroxylation sites is 1. The molecule has 0 saturated heterocycles. The fraction of sp³-hybridized carbons (Fsp3) is 0.348. The fourth-order valence-electron chi connectivity index (χ4n) is 3.92. The molecule has 1 N–H and O–H groups in total. The molecule has 4 nitrogen and oxygen atoms in total. The van der Waals surface area contributed by atoms with E-state index in [0.717, 1.165) is 50.4 Å². The number of nitrogens with one attached hydrogen (secondary N) is 1. The highest BCUT2D eigenvalue weighted by Crippen LogP contribution is 2.31. The van der Waals surface area contributed by atoms with E-state index in [2.05, 4.69) is 76.8 Å². The van der Waals surface area contributed by atoms with Gasteiger partial charge in [-0.05, 0) is 37.1 Å². The largest absolute Gasteiger partial charge is 0.373 e. The van der Waals surface area contributed by atoms with Gasteiger partial charge < -0.3 is 15.1 Å². The first-order valence-corrected chi connectivity index (χ1v) is 9.83. The van der Waals surface area contributed by atoms with Crippen LogP contribution in [-0.4, -0.2) is 38.7 Å². The monoisotopic (exact) mass is 360 g/mol. The van der Waals surface area contributed by atoms with Crippen molar-refractivity contribution in [2.24, 2.45) is 0 Å². The molecule has 140 valence electrons. The SMILES string of the molecule is CNCCN(C)c1cc(N2CCCc3ccccc3C2)nc2ccccc12. The van der Waals surface area contributed by atoms with Crippen LogP contribution >= 0.6 is 0 Å². The minimum Gasteiger partial charge on any atom is -0.373 e. The molecule has 0 amide bonds. The molecule has 0 atom stereocenters. The van der Waals surface area contributed by atoms with Crippen molar-refractivity contribution < 1.29 is 0 Å². The number of benzene rings is 2. The van der Waals surface area contributed by atoms with E-state index in [4.69, 9.17) is 4.98 Å². The van der Waals surface area contributed by atoms with Crippen LogP contribution in [0.2, 0.25) is 0 Å². The van der Waals surface area contributed by atoms with E-state index in [1.165, 1.54) is 22.2 Å². The number of aryl methyl sites for hydroxylation is 1. The number of pyridine rings is 1. The van der Waals surface area contributed by atoms with Crippen LogP contribution in [0.5, 0.6) is 0 Å². The lowest BCUT2D eigenvalue weighted by Gasteiger charge is -2.26. The normalized spacial score (nSPS) is 14.1. The first-order valence-electron chi connectivity index (χ1n) is 9.83. The Morgan fingerprint density at radius 2 is 1.85 bits per heavy atom. The Morgan fingerprint density at radius 3 is 2.70 bits per heavy atom. The number of anilines is 2. The minimum atomic E-state index is 0.932. The van der Waals surface area contributed by atoms with Crippen molar-refractivity contribution in [2.45, 2.75) is 19.4 Å². The van der Waals surface area contributed by atoms with Gasteiger partial charge in [-0.15, -0.1) is 0 Å². The molecule has 0 aliphatic carbocycles. The second-order valence-corrected chi connectivity index (χ2v) is 7.34. The van der Waals surface area contributed by atoms with Crippen LogP contribution in [0.15, 0.2) is 54.6 Å². The third-order valence-corrected chi connectivity index (χ3v) is 5.47. The van der Waals surface area contributed by atoms with Crippen LogP contribution in [0.3, 0.4) is 0 Å². The number of aromatic nitrogens is 1. The number of likely N-dealkylation sites (N-methyl/N-ethyl adjacent to an activating group) is 2. The molecule has 2 heterocycles. The Bertz CT molecular complexity index is 921. The lowest BCUT2D eigenvalue weighted by Crippen LogP contribution is -2.28. The molecular weight excluding hydrogens is 332 g/mol. The Morgan fingerprint density at radius 1 is 1.07 bits per heavy atom. The minimum absolute atomic E-state index is 0.932. The summed E-state index contributed by atoms with van der Waals surface area (Å²) in [6, 6.07) is 19.6. The zero-order valence-corrected chi connectivity index (χ0v) is 16.3. The Labute approximate surface area is 161 Å². The van der Waals surface area contributed by atoms with E-state index in [9.17, 15) is 0 Å². The summed E-state index contributed by atoms with van der Waals surface area (Å²) in [4.78, 5) is 9.79. The topological polar surface area (TPSA) is 31.4 Å². The van der Waals surface area contributed by atoms with E-state index in [-0.39, 0.29) is 0 Å². The molecule has 0 unspecified atom stereocenters. The highest BCUT2D eigenvalue weighted by molar-refractivity contribution is 5.93. The number of hydrogen-bond donors (Lipinski definition) is 1. The Balaban J connectivity index is 1.73. The quantitative estimate of drug-likeness (QED) is 0.749. The summed E-state index contributed by atoms with van der Waals surface area (Å²) in [6.45, 7) is 3.90. The second-order valence-electron chi connectivity index (χ2n) is 7.34. The van der Waals surface area contributed by atoms with E-state index in [1.807, 2.05) is 7.05 Å². The maximum Gasteiger partial charge on any atom is 0.131 e. The van der Waals surface area contributed by atoms with Gasteiger partial charge in [-0.1, -0.05) is 42.5 Å². The molecule has 0 radical (unpaired) electrons. The van der Waals surface area contributed by atoms with Gasteiger partial charge >= 0.3 is 0 Å². The maximum absolute atomic E-state index is 5.02. The summed E-state index contributed by atoms with van der Waals surface area (Å²) >= 11 is 0. The highest BCUT2D eigenvalue weighted by atomic mass is 15.2. The zero-order valence-electron chi connectivity index (χ0n) is 16.3. The molecule has 0 spiro atoms. The number of rotatable bonds is 5. The molecule has 1 aliphatic heterocycles. The van der Waals surface area contributed by atoms with Gasteiger partial charge in [0.25, 0.3) is 0 Å². The zero-order chi connectivity index (χ0) is 18.6. The molecular formula is C23H28N4. The van der Waals surface area contributed by atoms with E-state index in [0.29, 0.717) is 0 Å². The second kappa shape index (κ2) is 7.97. The van der Waals surface area contributed by atoms with Crippen LogP contribution in [0.25, 0.3) is 10.9 Å². The predicted molar refractivity (Wildman–Crippen MR) is 115 cm³/mol. The van der Waals surface area contributed by atoms with Crippen molar-refractivity contribution >= 4 is 22.4 Å². The summed E-state index contributed by atoms with van der Waals surface area (Å²) in [5.41, 5.74) is 5.23. The first-order chi connectivity index (χ1) is 13.3. The van der Waals surface area contributed by atoms with Crippen molar-refractivity contribution in [3.63, 3.8) is 0 Å². The van der Waals surface area contributed by atoms with Gasteiger partial charge in [0.1, 0.15) is 5.82 Å². The molecule has 0 saturated carbocycles. The van der Waals surface area contributed by atoms with Gasteiger partial charge in [0.05, 0.1) is 5.52 Å². The molecule has 3 aromatic rings. The van der Waals surface area contributed by atoms with Crippen LogP contribution in [0.4, 0.5) is 11.5 Å². The van der Waals surface area contributed by atoms with E-state index < -0.39 is 0 Å². The van der Waals surface area contributed by atoms with Gasteiger partial charge in [-0.2, -0.15) is 0 Å². The Kier molecular flexibility index (Phi) is 5.26. The van der Waals surface area contributed by atoms with Gasteiger partial charge in [0, 0.05) is 50.4 Å². The third kappa shape index (κ3) is 3.76. The van der Waals surface area contributed by atoms with Crippen molar-refractivity contribution in [3.05, 3.63) is 65.7 Å². The highest BCUT2D eigenvalue weighted by Gasteiger charge is 2.18. The fourth-order valence-corrected chi connectivity index (χ4v) is 3.92. The van der Waals surface area contributed by atoms with Crippen molar-refractivity contribution in [2.75, 3.05) is 43.5 Å². The summed E-state index contributed by atoms with van der Waals surface area (Å²) in [6.07, 6.45) is 2.31. The standard InChI is InChI=1S/C23H28N4/c1-24-13-15-26(2)22-16-23(25-21-12-6-5-11-20(21)22)27-14-7-10-18-8-3-4-9-19(18)17-27/h3-6,8-9,11-12,16,24H,7,10,13-15,17H2,1-2H3. The predicted octanol–water partition coefficient (Wildman–Crippen LogP) is 3.84. The lowest BCUT2D eigenvalue weighted by atomic mass is 10.0. The number of hydrogen-bond acceptors (Lipinski definition) is 4. The van der Waals surface area contributed by atoms with Crippen LogP contribution in [-0.2, 0) is 13.0 Å². The van der Waals surface area contributed by atoms with Crippen molar-refractivity contribution in [3.8, 4) is 0 Å². The van der Waals surface area contributed by atoms with Gasteiger partial charge in [0.2, 0.25) is 0 Å². The Hall–Kier alpha value is -2.59. The molecule has 2 aromatic carbocycles. The van der Waals surface area contributed by atoms with Crippen molar-refractivity contribution in [1.29, 1.82) is 0 Å². The summed E-state index contributed by atoms with van der Waals surface area (Å²) < 4.78 is 0. The van der Waals surface area contributed by atoms with E-state index >= 15 is 0 Å². The first kappa shape index (κ1) is 17.8. The maximum atomic E-state index is 5.02. The lowest BCUT2D eigenvalue weighted by molar-refractivity contribution is 0.753. The third-order valence-electron chi connectivity index (χ3n) is 5.47. The van der Waals surface area contributed by atoms with Crippen molar-refractivity contribution in [1.82, 2.24) is 10.3 Å². The average molecular weight is 361 g/mol.